The Kier molecular flexibility index (Phi) is 6.67. The molecule has 3 aromatic carbocycles. The molecule has 0 heterocycles. The molecule has 0 aliphatic heterocycles. The van der Waals surface area contributed by atoms with Crippen LogP contribution >= 0.6 is 0 Å². The van der Waals surface area contributed by atoms with Crippen molar-refractivity contribution in [2.75, 3.05) is 18.5 Å². The Morgan fingerprint density at radius 1 is 1.03 bits per heavy atom. The number of nitrogens with one attached hydrogen (secondary N) is 1. The Balaban J connectivity index is 1.92. The lowest BCUT2D eigenvalue weighted by atomic mass is 10.0. The van der Waals surface area contributed by atoms with Gasteiger partial charge in [0.2, 0.25) is 10.0 Å². The van der Waals surface area contributed by atoms with Crippen LogP contribution in [0.25, 0.3) is 10.8 Å². The highest BCUT2D eigenvalue weighted by Gasteiger charge is 2.25. The topological polar surface area (TPSA) is 105 Å². The van der Waals surface area contributed by atoms with Crippen LogP contribution in [0.3, 0.4) is 0 Å². The van der Waals surface area contributed by atoms with E-state index in [0.717, 1.165) is 22.4 Å². The highest BCUT2D eigenvalue weighted by Crippen LogP contribution is 2.29. The largest absolute Gasteiger partial charge is 0.295 e. The van der Waals surface area contributed by atoms with E-state index in [0.29, 0.717) is 5.71 Å². The summed E-state index contributed by atoms with van der Waals surface area (Å²) in [4.78, 5) is 10.8. The van der Waals surface area contributed by atoms with Crippen molar-refractivity contribution < 1.29 is 13.3 Å². The number of sulfonamides is 1. The van der Waals surface area contributed by atoms with Gasteiger partial charge in [0.1, 0.15) is 5.69 Å². The van der Waals surface area contributed by atoms with E-state index in [2.05, 4.69) is 10.5 Å². The van der Waals surface area contributed by atoms with Crippen molar-refractivity contribution in [3.05, 3.63) is 76.3 Å². The average molecular weight is 441 g/mol. The molecule has 0 bridgehead atoms. The SMILES string of the molecule is CCN(CC)S(=O)(=O)c1ccc(N/N=C(/C)c2ccc3ccccc3c2)c([N+](=O)[O-])c1. The molecule has 9 heteroatoms. The first kappa shape index (κ1) is 22.4. The molecule has 0 aliphatic carbocycles. The minimum absolute atomic E-state index is 0.114. The maximum absolute atomic E-state index is 12.7. The third-order valence-corrected chi connectivity index (χ3v) is 7.07. The van der Waals surface area contributed by atoms with Crippen LogP contribution in [0.2, 0.25) is 0 Å². The third-order valence-electron chi connectivity index (χ3n) is 5.02. The van der Waals surface area contributed by atoms with Crippen LogP contribution < -0.4 is 5.43 Å². The van der Waals surface area contributed by atoms with E-state index in [9.17, 15) is 18.5 Å². The molecule has 162 valence electrons. The molecule has 0 fully saturated rings. The van der Waals surface area contributed by atoms with E-state index in [1.54, 1.807) is 20.8 Å². The second kappa shape index (κ2) is 9.23. The van der Waals surface area contributed by atoms with Gasteiger partial charge in [-0.2, -0.15) is 9.41 Å². The maximum Gasteiger partial charge on any atom is 0.295 e. The molecule has 3 aromatic rings. The predicted octanol–water partition coefficient (Wildman–Crippen LogP) is 4.61. The van der Waals surface area contributed by atoms with E-state index in [1.807, 2.05) is 42.5 Å². The zero-order chi connectivity index (χ0) is 22.6. The molecule has 0 saturated heterocycles. The Morgan fingerprint density at radius 2 is 1.71 bits per heavy atom. The number of nitrogens with zero attached hydrogens (tertiary/aromatic N) is 3. The van der Waals surface area contributed by atoms with Crippen LogP contribution in [0, 0.1) is 10.1 Å². The molecular formula is C22H24N4O4S. The lowest BCUT2D eigenvalue weighted by Crippen LogP contribution is -2.30. The minimum Gasteiger partial charge on any atom is -0.271 e. The number of hydrogen-bond donors (Lipinski definition) is 1. The lowest BCUT2D eigenvalue weighted by Gasteiger charge is -2.18. The maximum atomic E-state index is 12.7. The van der Waals surface area contributed by atoms with Gasteiger partial charge in [0, 0.05) is 19.2 Å². The normalized spacial score (nSPS) is 12.3. The Labute approximate surface area is 181 Å². The first-order chi connectivity index (χ1) is 14.8. The van der Waals surface area contributed by atoms with E-state index in [4.69, 9.17) is 0 Å². The number of nitro groups is 1. The van der Waals surface area contributed by atoms with Crippen molar-refractivity contribution in [1.29, 1.82) is 0 Å². The zero-order valence-electron chi connectivity index (χ0n) is 17.6. The molecule has 0 atom stereocenters. The Hall–Kier alpha value is -3.30. The van der Waals surface area contributed by atoms with Crippen molar-refractivity contribution >= 4 is 37.9 Å². The molecule has 0 amide bonds. The van der Waals surface area contributed by atoms with Gasteiger partial charge in [-0.05, 0) is 41.5 Å². The number of hydrazone groups is 1. The van der Waals surface area contributed by atoms with Crippen molar-refractivity contribution in [1.82, 2.24) is 4.31 Å². The van der Waals surface area contributed by atoms with Crippen molar-refractivity contribution in [2.45, 2.75) is 25.7 Å². The van der Waals surface area contributed by atoms with Crippen LogP contribution in [0.4, 0.5) is 11.4 Å². The van der Waals surface area contributed by atoms with Crippen LogP contribution in [-0.2, 0) is 10.0 Å². The highest BCUT2D eigenvalue weighted by molar-refractivity contribution is 7.89. The van der Waals surface area contributed by atoms with Crippen LogP contribution in [-0.4, -0.2) is 36.4 Å². The first-order valence-electron chi connectivity index (χ1n) is 9.86. The molecule has 31 heavy (non-hydrogen) atoms. The van der Waals surface area contributed by atoms with Gasteiger partial charge in [0.05, 0.1) is 15.5 Å². The quantitative estimate of drug-likeness (QED) is 0.313. The molecule has 3 rings (SSSR count). The fourth-order valence-electron chi connectivity index (χ4n) is 3.25. The summed E-state index contributed by atoms with van der Waals surface area (Å²) in [5, 5.41) is 18.0. The number of rotatable bonds is 8. The van der Waals surface area contributed by atoms with Gasteiger partial charge in [-0.3, -0.25) is 15.5 Å². The summed E-state index contributed by atoms with van der Waals surface area (Å²) in [6.07, 6.45) is 0. The van der Waals surface area contributed by atoms with Crippen LogP contribution in [0.15, 0.2) is 70.7 Å². The monoisotopic (exact) mass is 440 g/mol. The van der Waals surface area contributed by atoms with Gasteiger partial charge in [0.15, 0.2) is 0 Å². The fraction of sp³-hybridized carbons (Fsp3) is 0.227. The van der Waals surface area contributed by atoms with Gasteiger partial charge >= 0.3 is 0 Å². The highest BCUT2D eigenvalue weighted by atomic mass is 32.2. The number of hydrogen-bond acceptors (Lipinski definition) is 6. The summed E-state index contributed by atoms with van der Waals surface area (Å²) in [5.41, 5.74) is 3.98. The third kappa shape index (κ3) is 4.73. The average Bonchev–Trinajstić information content (AvgIpc) is 2.77. The number of fused-ring (bicyclic) bond motifs is 1. The molecule has 0 aromatic heterocycles. The molecule has 0 spiro atoms. The number of anilines is 1. The van der Waals surface area contributed by atoms with E-state index in [1.165, 1.54) is 16.4 Å². The molecule has 8 nitrogen and oxygen atoms in total. The molecule has 0 unspecified atom stereocenters. The summed E-state index contributed by atoms with van der Waals surface area (Å²) in [6.45, 7) is 5.79. The zero-order valence-corrected chi connectivity index (χ0v) is 18.4. The van der Waals surface area contributed by atoms with Crippen molar-refractivity contribution in [2.24, 2.45) is 5.10 Å². The van der Waals surface area contributed by atoms with Gasteiger partial charge in [0.25, 0.3) is 5.69 Å². The van der Waals surface area contributed by atoms with Gasteiger partial charge in [-0.25, -0.2) is 8.42 Å². The van der Waals surface area contributed by atoms with Crippen LogP contribution in [0.1, 0.15) is 26.3 Å². The smallest absolute Gasteiger partial charge is 0.271 e. The molecule has 0 radical (unpaired) electrons. The minimum atomic E-state index is -3.80. The Bertz CT molecular complexity index is 1250. The second-order valence-corrected chi connectivity index (χ2v) is 8.83. The van der Waals surface area contributed by atoms with Crippen LogP contribution in [0.5, 0.6) is 0 Å². The predicted molar refractivity (Wildman–Crippen MR) is 123 cm³/mol. The molecule has 0 saturated carbocycles. The fourth-order valence-corrected chi connectivity index (χ4v) is 4.73. The summed E-state index contributed by atoms with van der Waals surface area (Å²) < 4.78 is 26.6. The van der Waals surface area contributed by atoms with E-state index < -0.39 is 14.9 Å². The van der Waals surface area contributed by atoms with Gasteiger partial charge in [-0.15, -0.1) is 0 Å². The summed E-state index contributed by atoms with van der Waals surface area (Å²) in [5.74, 6) is 0. The van der Waals surface area contributed by atoms with E-state index in [-0.39, 0.29) is 29.4 Å². The summed E-state index contributed by atoms with van der Waals surface area (Å²) in [6, 6.07) is 17.6. The van der Waals surface area contributed by atoms with Crippen molar-refractivity contribution in [3.8, 4) is 0 Å². The Morgan fingerprint density at radius 3 is 2.35 bits per heavy atom. The van der Waals surface area contributed by atoms with Gasteiger partial charge in [-0.1, -0.05) is 50.2 Å². The van der Waals surface area contributed by atoms with E-state index >= 15 is 0 Å². The summed E-state index contributed by atoms with van der Waals surface area (Å²) >= 11 is 0. The second-order valence-electron chi connectivity index (χ2n) is 6.90. The molecule has 1 N–H and O–H groups in total. The number of benzene rings is 3. The summed E-state index contributed by atoms with van der Waals surface area (Å²) in [7, 11) is -3.80. The standard InChI is InChI=1S/C22H24N4O4S/c1-4-25(5-2)31(29,30)20-12-13-21(22(15-20)26(27)28)24-23-16(3)18-11-10-17-8-6-7-9-19(17)14-18/h6-15,24H,4-5H2,1-3H3/b23-16-. The molecule has 0 aliphatic rings. The number of nitro benzene ring substituents is 1. The van der Waals surface area contributed by atoms with Crippen molar-refractivity contribution in [3.63, 3.8) is 0 Å². The first-order valence-corrected chi connectivity index (χ1v) is 11.3. The van der Waals surface area contributed by atoms with Gasteiger partial charge < -0.3 is 0 Å². The lowest BCUT2D eigenvalue weighted by molar-refractivity contribution is -0.384. The molecular weight excluding hydrogens is 416 g/mol.